The van der Waals surface area contributed by atoms with E-state index < -0.39 is 0 Å². The fraction of sp³-hybridized carbons (Fsp3) is 0.273. The van der Waals surface area contributed by atoms with Crippen molar-refractivity contribution in [3.05, 3.63) is 253 Å². The summed E-state index contributed by atoms with van der Waals surface area (Å²) in [4.78, 5) is 0. The molecule has 0 spiro atoms. The molecule has 0 saturated carbocycles. The lowest BCUT2D eigenvalue weighted by Crippen LogP contribution is -1.86. The Labute approximate surface area is 542 Å². The molecule has 0 saturated heterocycles. The van der Waals surface area contributed by atoms with Crippen molar-refractivity contribution in [2.45, 2.75) is 145 Å². The third-order valence-corrected chi connectivity index (χ3v) is 12.2. The summed E-state index contributed by atoms with van der Waals surface area (Å²) in [7, 11) is 0. The number of rotatable bonds is 0. The van der Waals surface area contributed by atoms with Gasteiger partial charge in [0, 0.05) is 53.9 Å². The van der Waals surface area contributed by atoms with Crippen LogP contribution in [0.3, 0.4) is 0 Å². The minimum absolute atomic E-state index is 0.957. The first-order chi connectivity index (χ1) is 44.6. The van der Waals surface area contributed by atoms with E-state index in [0.29, 0.717) is 0 Å². The molecular formula is C77H98N14. The summed E-state index contributed by atoms with van der Waals surface area (Å²) in [6.45, 7) is 42.3. The number of aromatic nitrogens is 14. The van der Waals surface area contributed by atoms with Crippen LogP contribution in [0.1, 0.15) is 136 Å². The lowest BCUT2D eigenvalue weighted by Gasteiger charge is -1.97. The van der Waals surface area contributed by atoms with Crippen LogP contribution in [-0.4, -0.2) is 71.4 Å². The van der Waals surface area contributed by atoms with Gasteiger partial charge in [-0.05, 0) is 119 Å². The number of nitrogens with zero attached hydrogens (tertiary/aromatic N) is 14. The third-order valence-electron chi connectivity index (χ3n) is 12.2. The summed E-state index contributed by atoms with van der Waals surface area (Å²) in [5.41, 5.74) is 12.2. The van der Waals surface area contributed by atoms with Gasteiger partial charge in [-0.3, -0.25) is 0 Å². The van der Waals surface area contributed by atoms with Crippen LogP contribution in [0.15, 0.2) is 213 Å². The highest BCUT2D eigenvalue weighted by atomic mass is 15.1. The average Bonchev–Trinajstić information content (AvgIpc) is 2.51. The van der Waals surface area contributed by atoms with Crippen molar-refractivity contribution in [3.8, 4) is 0 Å². The molecule has 0 aliphatic rings. The molecule has 7 aromatic heterocycles. The molecule has 0 amide bonds. The molecule has 14 aromatic rings. The van der Waals surface area contributed by atoms with E-state index in [2.05, 4.69) is 148 Å². The maximum Gasteiger partial charge on any atom is 0.0958 e. The predicted molar refractivity (Wildman–Crippen MR) is 389 cm³/mol. The third kappa shape index (κ3) is 26.7. The van der Waals surface area contributed by atoms with Crippen LogP contribution in [0, 0.1) is 48.5 Å². The van der Waals surface area contributed by atoms with Gasteiger partial charge in [0.2, 0.25) is 0 Å². The lowest BCUT2D eigenvalue weighted by atomic mass is 10.1. The molecular weight excluding hydrogens is 1120 g/mol. The van der Waals surface area contributed by atoms with Crippen LogP contribution in [0.2, 0.25) is 0 Å². The zero-order chi connectivity index (χ0) is 67.8. The smallest absolute Gasteiger partial charge is 0.0958 e. The highest BCUT2D eigenvalue weighted by Crippen LogP contribution is 2.18. The van der Waals surface area contributed by atoms with Crippen molar-refractivity contribution in [2.24, 2.45) is 0 Å². The number of fused-ring (bicyclic) bond motifs is 7. The zero-order valence-corrected chi connectivity index (χ0v) is 58.0. The summed E-state index contributed by atoms with van der Waals surface area (Å²) < 4.78 is 0. The van der Waals surface area contributed by atoms with E-state index in [9.17, 15) is 0 Å². The predicted octanol–water partition coefficient (Wildman–Crippen LogP) is 20.8. The molecule has 0 aliphatic carbocycles. The fourth-order valence-corrected chi connectivity index (χ4v) is 8.04. The molecule has 0 aliphatic heterocycles. The standard InChI is InChI=1S/7C9H8N2.7C2H6/c1-7-2-3-8-5-10-11-6-9(8)4-7;1-7-2-3-9-8(6-7)4-5-10-11-9;1-7-3-2-4-8-5-10-11-6-9(7)8;1-7-3-2-4-9-8(7)5-6-10-11-9;1-7-3-2-4-8-5-6-10-11-9(7)8;1-7-9-5-3-2-4-8(9)6-10-11-7;1-7-6-10-11-9-5-3-2-4-8(7)9;7*1-2/h7*2-6H,1H3;7*1-2H3. The largest absolute Gasteiger partial charge is 0.159 e. The second kappa shape index (κ2) is 47.9. The summed E-state index contributed by atoms with van der Waals surface area (Å²) in [5, 5.41) is 66.0. The van der Waals surface area contributed by atoms with Crippen molar-refractivity contribution in [1.29, 1.82) is 0 Å². The molecule has 0 fully saturated rings. The van der Waals surface area contributed by atoms with Gasteiger partial charge in [0.25, 0.3) is 0 Å². The van der Waals surface area contributed by atoms with E-state index in [1.807, 2.05) is 227 Å². The Kier molecular flexibility index (Phi) is 41.6. The van der Waals surface area contributed by atoms with Crippen molar-refractivity contribution < 1.29 is 0 Å². The highest BCUT2D eigenvalue weighted by Gasteiger charge is 1.99. The Hall–Kier alpha value is -10.1. The molecule has 0 bridgehead atoms. The first kappa shape index (κ1) is 78.9. The monoisotopic (exact) mass is 1220 g/mol. The number of hydrogen-bond acceptors (Lipinski definition) is 14. The van der Waals surface area contributed by atoms with Gasteiger partial charge in [-0.2, -0.15) is 71.4 Å². The van der Waals surface area contributed by atoms with Crippen LogP contribution >= 0.6 is 0 Å². The Bertz CT molecular complexity index is 3620. The average molecular weight is 1220 g/mol. The highest BCUT2D eigenvalue weighted by molar-refractivity contribution is 5.85. The summed E-state index contributed by atoms with van der Waals surface area (Å²) in [5.74, 6) is 0. The second-order valence-electron chi connectivity index (χ2n) is 17.9. The first-order valence-corrected chi connectivity index (χ1v) is 31.8. The molecule has 0 unspecified atom stereocenters. The zero-order valence-electron chi connectivity index (χ0n) is 58.0. The van der Waals surface area contributed by atoms with Crippen LogP contribution in [0.4, 0.5) is 0 Å². The number of hydrogen-bond donors (Lipinski definition) is 0. The van der Waals surface area contributed by atoms with Gasteiger partial charge in [0.1, 0.15) is 0 Å². The van der Waals surface area contributed by atoms with Gasteiger partial charge >= 0.3 is 0 Å². The molecule has 91 heavy (non-hydrogen) atoms. The minimum atomic E-state index is 0.957. The van der Waals surface area contributed by atoms with Crippen molar-refractivity contribution in [1.82, 2.24) is 71.4 Å². The van der Waals surface area contributed by atoms with Crippen LogP contribution in [-0.2, 0) is 0 Å². The van der Waals surface area contributed by atoms with Gasteiger partial charge in [-0.25, -0.2) is 0 Å². The van der Waals surface area contributed by atoms with Crippen LogP contribution in [0.25, 0.3) is 75.9 Å². The summed E-state index contributed by atoms with van der Waals surface area (Å²) >= 11 is 0. The molecule has 14 nitrogen and oxygen atoms in total. The van der Waals surface area contributed by atoms with Crippen LogP contribution < -0.4 is 0 Å². The Morgan fingerprint density at radius 2 is 0.637 bits per heavy atom. The molecule has 0 N–H and O–H groups in total. The SMILES string of the molecule is CC.CC.CC.CC.CC.CC.CC.Cc1ccc2cnncc2c1.Cc1ccc2nnccc2c1.Cc1cccc2ccnnc12.Cc1cccc2cnncc12.Cc1cccc2nnccc12.Cc1cnnc2ccccc12.Cc1nncc2ccccc12. The molecule has 0 atom stereocenters. The molecule has 7 heterocycles. The van der Waals surface area contributed by atoms with Gasteiger partial charge < -0.3 is 0 Å². The summed E-state index contributed by atoms with van der Waals surface area (Å²) in [6, 6.07) is 52.7. The summed E-state index contributed by atoms with van der Waals surface area (Å²) in [6.07, 6.45) is 15.8. The molecule has 14 heteroatoms. The van der Waals surface area contributed by atoms with E-state index in [0.717, 1.165) is 60.1 Å². The second-order valence-corrected chi connectivity index (χ2v) is 17.9. The molecule has 7 aromatic carbocycles. The van der Waals surface area contributed by atoms with Crippen molar-refractivity contribution in [2.75, 3.05) is 0 Å². The normalized spacial score (nSPS) is 9.15. The van der Waals surface area contributed by atoms with E-state index >= 15 is 0 Å². The van der Waals surface area contributed by atoms with Gasteiger partial charge in [-0.1, -0.05) is 217 Å². The Morgan fingerprint density at radius 3 is 1.26 bits per heavy atom. The molecule has 14 rings (SSSR count). The maximum atomic E-state index is 4.03. The van der Waals surface area contributed by atoms with E-state index in [-0.39, 0.29) is 0 Å². The van der Waals surface area contributed by atoms with Gasteiger partial charge in [-0.15, -0.1) is 0 Å². The lowest BCUT2D eigenvalue weighted by molar-refractivity contribution is 1.00. The Balaban J connectivity index is 0.000000514. The fourth-order valence-electron chi connectivity index (χ4n) is 8.04. The van der Waals surface area contributed by atoms with E-state index in [4.69, 9.17) is 0 Å². The molecule has 0 radical (unpaired) electrons. The van der Waals surface area contributed by atoms with E-state index in [1.54, 1.807) is 55.8 Å². The van der Waals surface area contributed by atoms with Gasteiger partial charge in [0.15, 0.2) is 0 Å². The number of aryl methyl sites for hydroxylation is 7. The molecule has 476 valence electrons. The van der Waals surface area contributed by atoms with Crippen molar-refractivity contribution >= 4 is 75.9 Å². The topological polar surface area (TPSA) is 180 Å². The van der Waals surface area contributed by atoms with Crippen molar-refractivity contribution in [3.63, 3.8) is 0 Å². The first-order valence-electron chi connectivity index (χ1n) is 31.8. The minimum Gasteiger partial charge on any atom is -0.159 e. The van der Waals surface area contributed by atoms with Gasteiger partial charge in [0.05, 0.1) is 83.5 Å². The Morgan fingerprint density at radius 1 is 0.220 bits per heavy atom. The quantitative estimate of drug-likeness (QED) is 0.140. The van der Waals surface area contributed by atoms with Crippen LogP contribution in [0.5, 0.6) is 0 Å². The number of benzene rings is 7. The maximum absolute atomic E-state index is 4.03. The van der Waals surface area contributed by atoms with E-state index in [1.165, 1.54) is 54.9 Å².